The van der Waals surface area contributed by atoms with Gasteiger partial charge in [-0.2, -0.15) is 0 Å². The first kappa shape index (κ1) is 18.7. The van der Waals surface area contributed by atoms with Crippen LogP contribution in [0.5, 0.6) is 5.75 Å². The van der Waals surface area contributed by atoms with E-state index >= 15 is 0 Å². The maximum Gasteiger partial charge on any atom is 0.135 e. The molecule has 0 fully saturated rings. The zero-order chi connectivity index (χ0) is 16.5. The van der Waals surface area contributed by atoms with Crippen molar-refractivity contribution in [3.63, 3.8) is 0 Å². The van der Waals surface area contributed by atoms with Gasteiger partial charge in [0, 0.05) is 12.3 Å². The van der Waals surface area contributed by atoms with Gasteiger partial charge in [0.1, 0.15) is 11.5 Å². The predicted molar refractivity (Wildman–Crippen MR) is 93.4 cm³/mol. The summed E-state index contributed by atoms with van der Waals surface area (Å²) < 4.78 is 5.96. The lowest BCUT2D eigenvalue weighted by atomic mass is 10.0. The molecule has 1 rings (SSSR count). The fraction of sp³-hybridized carbons (Fsp3) is 0.650. The molecule has 22 heavy (non-hydrogen) atoms. The van der Waals surface area contributed by atoms with E-state index in [-0.39, 0.29) is 12.0 Å². The number of carbonyl (C=O) groups excluding carboxylic acids is 1. The Bertz CT molecular complexity index is 449. The first-order chi connectivity index (χ1) is 10.4. The van der Waals surface area contributed by atoms with E-state index in [0.29, 0.717) is 11.7 Å². The Balaban J connectivity index is 2.33. The van der Waals surface area contributed by atoms with Gasteiger partial charge in [0.05, 0.1) is 6.10 Å². The number of rotatable bonds is 10. The third-order valence-electron chi connectivity index (χ3n) is 4.19. The summed E-state index contributed by atoms with van der Waals surface area (Å²) >= 11 is 0. The van der Waals surface area contributed by atoms with E-state index in [4.69, 9.17) is 4.74 Å². The van der Waals surface area contributed by atoms with Crippen LogP contribution in [-0.4, -0.2) is 11.9 Å². The lowest BCUT2D eigenvalue weighted by molar-refractivity contribution is -0.122. The molecule has 0 unspecified atom stereocenters. The molecule has 0 aliphatic rings. The molecule has 1 aromatic rings. The average Bonchev–Trinajstić information content (AvgIpc) is 2.46. The number of carbonyl (C=O) groups is 1. The quantitative estimate of drug-likeness (QED) is 0.538. The topological polar surface area (TPSA) is 26.3 Å². The van der Waals surface area contributed by atoms with E-state index in [0.717, 1.165) is 37.9 Å². The normalized spacial score (nSPS) is 12.7. The molecule has 124 valence electrons. The third-order valence-corrected chi connectivity index (χ3v) is 4.19. The highest BCUT2D eigenvalue weighted by Crippen LogP contribution is 2.19. The van der Waals surface area contributed by atoms with Gasteiger partial charge in [-0.25, -0.2) is 0 Å². The minimum absolute atomic E-state index is 0.178. The molecule has 0 bridgehead atoms. The van der Waals surface area contributed by atoms with Crippen LogP contribution in [-0.2, 0) is 11.2 Å². The van der Waals surface area contributed by atoms with Gasteiger partial charge in [0.25, 0.3) is 0 Å². The first-order valence-electron chi connectivity index (χ1n) is 8.68. The van der Waals surface area contributed by atoms with Crippen LogP contribution in [0.1, 0.15) is 65.9 Å². The van der Waals surface area contributed by atoms with Crippen molar-refractivity contribution >= 4 is 5.78 Å². The van der Waals surface area contributed by atoms with E-state index in [1.54, 1.807) is 0 Å². The second-order valence-corrected chi connectivity index (χ2v) is 6.90. The molecule has 0 amide bonds. The van der Waals surface area contributed by atoms with Gasteiger partial charge in [-0.15, -0.1) is 0 Å². The molecule has 1 aromatic carbocycles. The van der Waals surface area contributed by atoms with Crippen LogP contribution in [0.2, 0.25) is 0 Å². The monoisotopic (exact) mass is 304 g/mol. The van der Waals surface area contributed by atoms with Gasteiger partial charge in [-0.1, -0.05) is 46.2 Å². The minimum atomic E-state index is 0.178. The fourth-order valence-electron chi connectivity index (χ4n) is 2.22. The lowest BCUT2D eigenvalue weighted by Crippen LogP contribution is -2.18. The summed E-state index contributed by atoms with van der Waals surface area (Å²) in [6, 6.07) is 8.41. The summed E-state index contributed by atoms with van der Waals surface area (Å²) in [5, 5.41) is 0. The van der Waals surface area contributed by atoms with Crippen molar-refractivity contribution in [3.05, 3.63) is 29.8 Å². The Labute approximate surface area is 136 Å². The SMILES string of the molecule is CC(C)C(=O)CCCCCc1cccc(O[C@H](C)C(C)C)c1. The van der Waals surface area contributed by atoms with Crippen molar-refractivity contribution in [3.8, 4) is 5.75 Å². The average molecular weight is 304 g/mol. The van der Waals surface area contributed by atoms with Crippen LogP contribution < -0.4 is 4.74 Å². The molecule has 0 spiro atoms. The largest absolute Gasteiger partial charge is 0.490 e. The maximum absolute atomic E-state index is 11.6. The Kier molecular flexibility index (Phi) is 8.22. The fourth-order valence-corrected chi connectivity index (χ4v) is 2.22. The van der Waals surface area contributed by atoms with E-state index in [9.17, 15) is 4.79 Å². The minimum Gasteiger partial charge on any atom is -0.490 e. The molecule has 0 heterocycles. The van der Waals surface area contributed by atoms with Crippen LogP contribution in [0, 0.1) is 11.8 Å². The van der Waals surface area contributed by atoms with E-state index in [2.05, 4.69) is 39.0 Å². The van der Waals surface area contributed by atoms with Gasteiger partial charge < -0.3 is 4.74 Å². The highest BCUT2D eigenvalue weighted by Gasteiger charge is 2.09. The molecule has 0 aliphatic carbocycles. The number of benzene rings is 1. The second-order valence-electron chi connectivity index (χ2n) is 6.90. The van der Waals surface area contributed by atoms with E-state index in [1.807, 2.05) is 19.9 Å². The zero-order valence-electron chi connectivity index (χ0n) is 14.9. The molecule has 0 saturated carbocycles. The van der Waals surface area contributed by atoms with Crippen LogP contribution in [0.25, 0.3) is 0 Å². The van der Waals surface area contributed by atoms with Gasteiger partial charge in [-0.3, -0.25) is 4.79 Å². The molecule has 1 atom stereocenters. The van der Waals surface area contributed by atoms with E-state index < -0.39 is 0 Å². The Hall–Kier alpha value is -1.31. The second kappa shape index (κ2) is 9.66. The molecular weight excluding hydrogens is 272 g/mol. The summed E-state index contributed by atoms with van der Waals surface area (Å²) in [5.74, 6) is 2.05. The molecule has 0 radical (unpaired) electrons. The van der Waals surface area contributed by atoms with Gasteiger partial charge in [-0.05, 0) is 49.8 Å². The summed E-state index contributed by atoms with van der Waals surface area (Å²) in [7, 11) is 0. The third kappa shape index (κ3) is 7.11. The van der Waals surface area contributed by atoms with Gasteiger partial charge >= 0.3 is 0 Å². The number of hydrogen-bond donors (Lipinski definition) is 0. The molecule has 0 aromatic heterocycles. The Morgan fingerprint density at radius 2 is 1.77 bits per heavy atom. The highest BCUT2D eigenvalue weighted by molar-refractivity contribution is 5.80. The summed E-state index contributed by atoms with van der Waals surface area (Å²) in [5.41, 5.74) is 1.32. The summed E-state index contributed by atoms with van der Waals surface area (Å²) in [6.07, 6.45) is 5.28. The smallest absolute Gasteiger partial charge is 0.135 e. The van der Waals surface area contributed by atoms with Crippen molar-refractivity contribution < 1.29 is 9.53 Å². The number of unbranched alkanes of at least 4 members (excludes halogenated alkanes) is 2. The number of ketones is 1. The Morgan fingerprint density at radius 3 is 2.41 bits per heavy atom. The molecular formula is C20H32O2. The van der Waals surface area contributed by atoms with Crippen molar-refractivity contribution in [2.24, 2.45) is 11.8 Å². The standard InChI is InChI=1S/C20H32O2/c1-15(2)17(5)22-19-12-9-11-18(14-19)10-7-6-8-13-20(21)16(3)4/h9,11-12,14-17H,6-8,10,13H2,1-5H3/t17-/m1/s1. The zero-order valence-corrected chi connectivity index (χ0v) is 14.9. The van der Waals surface area contributed by atoms with Gasteiger partial charge in [0.2, 0.25) is 0 Å². The van der Waals surface area contributed by atoms with Crippen molar-refractivity contribution in [1.82, 2.24) is 0 Å². The first-order valence-corrected chi connectivity index (χ1v) is 8.68. The number of Topliss-reactive ketones (excluding diaryl/α,β-unsaturated/α-hetero) is 1. The molecule has 2 heteroatoms. The molecule has 0 N–H and O–H groups in total. The van der Waals surface area contributed by atoms with Crippen molar-refractivity contribution in [1.29, 1.82) is 0 Å². The van der Waals surface area contributed by atoms with Crippen molar-refractivity contribution in [2.45, 2.75) is 72.8 Å². The maximum atomic E-state index is 11.6. The predicted octanol–water partition coefficient (Wildman–Crippen LogP) is 5.44. The number of hydrogen-bond acceptors (Lipinski definition) is 2. The number of aryl methyl sites for hydroxylation is 1. The van der Waals surface area contributed by atoms with E-state index in [1.165, 1.54) is 5.56 Å². The van der Waals surface area contributed by atoms with Crippen LogP contribution >= 0.6 is 0 Å². The van der Waals surface area contributed by atoms with Gasteiger partial charge in [0.15, 0.2) is 0 Å². The molecule has 0 saturated heterocycles. The van der Waals surface area contributed by atoms with Crippen molar-refractivity contribution in [2.75, 3.05) is 0 Å². The molecule has 0 aliphatic heterocycles. The van der Waals surface area contributed by atoms with Crippen LogP contribution in [0.15, 0.2) is 24.3 Å². The summed E-state index contributed by atoms with van der Waals surface area (Å²) in [6.45, 7) is 10.4. The molecule has 2 nitrogen and oxygen atoms in total. The lowest BCUT2D eigenvalue weighted by Gasteiger charge is -2.18. The van der Waals surface area contributed by atoms with Crippen LogP contribution in [0.4, 0.5) is 0 Å². The highest BCUT2D eigenvalue weighted by atomic mass is 16.5. The Morgan fingerprint density at radius 1 is 1.05 bits per heavy atom. The summed E-state index contributed by atoms with van der Waals surface area (Å²) in [4.78, 5) is 11.6. The number of ether oxygens (including phenoxy) is 1. The van der Waals surface area contributed by atoms with Crippen LogP contribution in [0.3, 0.4) is 0 Å².